The maximum absolute atomic E-state index is 12.1. The van der Waals surface area contributed by atoms with Crippen LogP contribution in [0, 0.1) is 0 Å². The zero-order valence-electron chi connectivity index (χ0n) is 13.1. The molecule has 1 aliphatic carbocycles. The van der Waals surface area contributed by atoms with Crippen LogP contribution < -0.4 is 5.32 Å². The first kappa shape index (κ1) is 16.7. The summed E-state index contributed by atoms with van der Waals surface area (Å²) in [6, 6.07) is 7.83. The minimum atomic E-state index is -0.757. The van der Waals surface area contributed by atoms with Gasteiger partial charge >= 0.3 is 5.97 Å². The van der Waals surface area contributed by atoms with E-state index in [0.717, 1.165) is 12.8 Å². The summed E-state index contributed by atoms with van der Waals surface area (Å²) in [6.07, 6.45) is 2.54. The van der Waals surface area contributed by atoms with Crippen LogP contribution in [0.3, 0.4) is 0 Å². The van der Waals surface area contributed by atoms with Crippen molar-refractivity contribution in [3.8, 4) is 0 Å². The number of benzene rings is 1. The lowest BCUT2D eigenvalue weighted by Crippen LogP contribution is -2.37. The number of carbonyl (C=O) groups excluding carboxylic acids is 2. The fourth-order valence-corrected chi connectivity index (χ4v) is 5.18. The molecule has 1 saturated carbocycles. The number of carbonyl (C=O) groups is 2. The van der Waals surface area contributed by atoms with Crippen molar-refractivity contribution in [2.75, 3.05) is 11.5 Å². The molecule has 1 atom stereocenters. The molecule has 0 spiro atoms. The zero-order valence-corrected chi connectivity index (χ0v) is 14.8. The van der Waals surface area contributed by atoms with Crippen LogP contribution in [-0.4, -0.2) is 35.5 Å². The first-order chi connectivity index (χ1) is 11.1. The second kappa shape index (κ2) is 7.62. The highest BCUT2D eigenvalue weighted by molar-refractivity contribution is 8.16. The molecule has 1 aliphatic heterocycles. The Bertz CT molecular complexity index is 566. The van der Waals surface area contributed by atoms with Crippen LogP contribution in [0.25, 0.3) is 0 Å². The fourth-order valence-electron chi connectivity index (χ4n) is 2.28. The average molecular weight is 351 g/mol. The molecule has 6 heteroatoms. The fraction of sp³-hybridized carbons (Fsp3) is 0.529. The van der Waals surface area contributed by atoms with Crippen molar-refractivity contribution in [3.05, 3.63) is 35.4 Å². The predicted octanol–water partition coefficient (Wildman–Crippen LogP) is 3.38. The topological polar surface area (TPSA) is 55.4 Å². The number of hydrogen-bond acceptors (Lipinski definition) is 5. The third-order valence-electron chi connectivity index (χ3n) is 3.82. The monoisotopic (exact) mass is 351 g/mol. The van der Waals surface area contributed by atoms with Crippen LogP contribution in [0.1, 0.15) is 46.7 Å². The maximum Gasteiger partial charge on any atom is 0.338 e. The number of amides is 1. The molecule has 1 aromatic carbocycles. The zero-order chi connectivity index (χ0) is 16.2. The highest BCUT2D eigenvalue weighted by atomic mass is 32.2. The van der Waals surface area contributed by atoms with Crippen LogP contribution >= 0.6 is 23.5 Å². The average Bonchev–Trinajstić information content (AvgIpc) is 3.39. The van der Waals surface area contributed by atoms with E-state index in [-0.39, 0.29) is 11.9 Å². The van der Waals surface area contributed by atoms with Crippen LogP contribution in [-0.2, 0) is 9.53 Å². The van der Waals surface area contributed by atoms with Crippen molar-refractivity contribution in [2.24, 2.45) is 0 Å². The summed E-state index contributed by atoms with van der Waals surface area (Å²) in [7, 11) is 0. The summed E-state index contributed by atoms with van der Waals surface area (Å²) in [5.74, 6) is 1.72. The van der Waals surface area contributed by atoms with Crippen LogP contribution in [0.15, 0.2) is 24.3 Å². The number of nitrogens with one attached hydrogen (secondary N) is 1. The van der Waals surface area contributed by atoms with Crippen LogP contribution in [0.5, 0.6) is 0 Å². The minimum Gasteiger partial charge on any atom is -0.449 e. The summed E-state index contributed by atoms with van der Waals surface area (Å²) < 4.78 is 5.71. The largest absolute Gasteiger partial charge is 0.449 e. The second-order valence-corrected chi connectivity index (χ2v) is 8.60. The molecule has 0 unspecified atom stereocenters. The van der Waals surface area contributed by atoms with Gasteiger partial charge in [0.1, 0.15) is 0 Å². The lowest BCUT2D eigenvalue weighted by atomic mass is 10.1. The molecule has 2 aliphatic rings. The molecule has 0 aromatic heterocycles. The van der Waals surface area contributed by atoms with Gasteiger partial charge in [-0.1, -0.05) is 12.1 Å². The van der Waals surface area contributed by atoms with E-state index in [9.17, 15) is 9.59 Å². The smallest absolute Gasteiger partial charge is 0.338 e. The van der Waals surface area contributed by atoms with Crippen molar-refractivity contribution in [1.29, 1.82) is 0 Å². The summed E-state index contributed by atoms with van der Waals surface area (Å²) in [6.45, 7) is 1.61. The number of thioether (sulfide) groups is 2. The lowest BCUT2D eigenvalue weighted by molar-refractivity contribution is -0.129. The summed E-state index contributed by atoms with van der Waals surface area (Å²) in [5, 5.41) is 2.84. The quantitative estimate of drug-likeness (QED) is 0.824. The summed E-state index contributed by atoms with van der Waals surface area (Å²) in [5.41, 5.74) is 1.72. The third-order valence-corrected chi connectivity index (χ3v) is 6.84. The first-order valence-corrected chi connectivity index (χ1v) is 10.1. The molecule has 124 valence electrons. The molecule has 1 amide bonds. The Kier molecular flexibility index (Phi) is 5.54. The minimum absolute atomic E-state index is 0.215. The molecular formula is C17H21NO3S2. The Hall–Kier alpha value is -1.14. The van der Waals surface area contributed by atoms with Gasteiger partial charge in [0.2, 0.25) is 0 Å². The predicted molar refractivity (Wildman–Crippen MR) is 94.8 cm³/mol. The molecule has 1 heterocycles. The van der Waals surface area contributed by atoms with Gasteiger partial charge in [0, 0.05) is 6.04 Å². The van der Waals surface area contributed by atoms with E-state index in [1.807, 2.05) is 35.7 Å². The van der Waals surface area contributed by atoms with Crippen molar-refractivity contribution in [1.82, 2.24) is 5.32 Å². The number of ether oxygens (including phenoxy) is 1. The number of rotatable bonds is 5. The van der Waals surface area contributed by atoms with Gasteiger partial charge in [-0.15, -0.1) is 23.5 Å². The van der Waals surface area contributed by atoms with E-state index in [1.54, 1.807) is 19.1 Å². The molecule has 1 saturated heterocycles. The Morgan fingerprint density at radius 3 is 2.43 bits per heavy atom. The van der Waals surface area contributed by atoms with Crippen LogP contribution in [0.2, 0.25) is 0 Å². The van der Waals surface area contributed by atoms with E-state index in [2.05, 4.69) is 5.32 Å². The van der Waals surface area contributed by atoms with E-state index < -0.39 is 12.1 Å². The molecular weight excluding hydrogens is 330 g/mol. The molecule has 2 fully saturated rings. The standard InChI is InChI=1S/C17H21NO3S2/c1-11(15(19)18-14-7-8-14)21-16(20)12-3-5-13(6-4-12)17-22-9-2-10-23-17/h3-6,11,14,17H,2,7-10H2,1H3,(H,18,19)/t11-/m0/s1. The SMILES string of the molecule is C[C@H](OC(=O)c1ccc(C2SCCCS2)cc1)C(=O)NC1CC1. The highest BCUT2D eigenvalue weighted by Gasteiger charge is 2.27. The van der Waals surface area contributed by atoms with Gasteiger partial charge in [0.15, 0.2) is 6.10 Å². The van der Waals surface area contributed by atoms with Gasteiger partial charge < -0.3 is 10.1 Å². The van der Waals surface area contributed by atoms with Crippen molar-refractivity contribution in [2.45, 2.75) is 42.9 Å². The molecule has 0 bridgehead atoms. The molecule has 4 nitrogen and oxygen atoms in total. The van der Waals surface area contributed by atoms with Gasteiger partial charge in [-0.2, -0.15) is 0 Å². The van der Waals surface area contributed by atoms with Gasteiger partial charge in [-0.3, -0.25) is 4.79 Å². The summed E-state index contributed by atoms with van der Waals surface area (Å²) >= 11 is 3.90. The van der Waals surface area contributed by atoms with Gasteiger partial charge in [0.05, 0.1) is 10.1 Å². The molecule has 3 rings (SSSR count). The number of hydrogen-bond donors (Lipinski definition) is 1. The van der Waals surface area contributed by atoms with E-state index in [0.29, 0.717) is 10.1 Å². The molecule has 1 N–H and O–H groups in total. The third kappa shape index (κ3) is 4.67. The molecule has 0 radical (unpaired) electrons. The van der Waals surface area contributed by atoms with Gasteiger partial charge in [-0.05, 0) is 55.4 Å². The van der Waals surface area contributed by atoms with E-state index >= 15 is 0 Å². The van der Waals surface area contributed by atoms with Gasteiger partial charge in [-0.25, -0.2) is 4.79 Å². The Morgan fingerprint density at radius 2 is 1.83 bits per heavy atom. The van der Waals surface area contributed by atoms with Crippen molar-refractivity contribution < 1.29 is 14.3 Å². The Labute approximate surface area is 145 Å². The number of esters is 1. The first-order valence-electron chi connectivity index (χ1n) is 7.98. The van der Waals surface area contributed by atoms with Crippen molar-refractivity contribution in [3.63, 3.8) is 0 Å². The Morgan fingerprint density at radius 1 is 1.17 bits per heavy atom. The molecule has 1 aromatic rings. The maximum atomic E-state index is 12.1. The lowest BCUT2D eigenvalue weighted by Gasteiger charge is -2.21. The molecule has 23 heavy (non-hydrogen) atoms. The van der Waals surface area contributed by atoms with E-state index in [1.165, 1.54) is 23.5 Å². The van der Waals surface area contributed by atoms with Gasteiger partial charge in [0.25, 0.3) is 5.91 Å². The highest BCUT2D eigenvalue weighted by Crippen LogP contribution is 2.43. The van der Waals surface area contributed by atoms with E-state index in [4.69, 9.17) is 4.74 Å². The second-order valence-electron chi connectivity index (χ2n) is 5.88. The summed E-state index contributed by atoms with van der Waals surface area (Å²) in [4.78, 5) is 24.0. The van der Waals surface area contributed by atoms with Crippen molar-refractivity contribution >= 4 is 35.4 Å². The van der Waals surface area contributed by atoms with Crippen LogP contribution in [0.4, 0.5) is 0 Å². The Balaban J connectivity index is 1.55. The normalized spacial score (nSPS) is 19.9.